The maximum absolute atomic E-state index is 10.6. The molecule has 1 aromatic carbocycles. The van der Waals surface area contributed by atoms with Gasteiger partial charge in [-0.2, -0.15) is 0 Å². The predicted octanol–water partition coefficient (Wildman–Crippen LogP) is 2.97. The Labute approximate surface area is 93.2 Å². The average molecular weight is 308 g/mol. The number of carbonyl (C=O) groups is 1. The number of benzene rings is 1. The third-order valence-corrected chi connectivity index (χ3v) is 4.30. The Morgan fingerprint density at radius 1 is 1.23 bits per heavy atom. The molecule has 2 nitrogen and oxygen atoms in total. The van der Waals surface area contributed by atoms with Crippen LogP contribution in [0.1, 0.15) is 10.4 Å². The highest BCUT2D eigenvalue weighted by atomic mass is 79.9. The lowest BCUT2D eigenvalue weighted by molar-refractivity contribution is -0.136. The molecular weight excluding hydrogens is 300 g/mol. The first-order valence-electron chi connectivity index (χ1n) is 3.69. The summed E-state index contributed by atoms with van der Waals surface area (Å²) >= 11 is 6.42. The van der Waals surface area contributed by atoms with E-state index in [9.17, 15) is 4.79 Å². The minimum absolute atomic E-state index is 0.203. The minimum atomic E-state index is -0.870. The van der Waals surface area contributed by atoms with E-state index in [-0.39, 0.29) is 4.83 Å². The Hall–Kier alpha value is -0.350. The van der Waals surface area contributed by atoms with Crippen LogP contribution < -0.4 is 0 Å². The monoisotopic (exact) mass is 306 g/mol. The van der Waals surface area contributed by atoms with Crippen molar-refractivity contribution in [2.45, 2.75) is 9.65 Å². The van der Waals surface area contributed by atoms with E-state index in [4.69, 9.17) is 5.11 Å². The highest BCUT2D eigenvalue weighted by molar-refractivity contribution is 9.12. The van der Waals surface area contributed by atoms with Crippen LogP contribution >= 0.6 is 31.9 Å². The van der Waals surface area contributed by atoms with Crippen molar-refractivity contribution >= 4 is 37.8 Å². The van der Waals surface area contributed by atoms with E-state index in [0.717, 1.165) is 5.56 Å². The van der Waals surface area contributed by atoms with Gasteiger partial charge in [0.15, 0.2) is 0 Å². The Morgan fingerprint density at radius 2 is 1.77 bits per heavy atom. The molecule has 0 radical (unpaired) electrons. The van der Waals surface area contributed by atoms with Crippen molar-refractivity contribution in [2.24, 2.45) is 0 Å². The van der Waals surface area contributed by atoms with Crippen LogP contribution in [0.2, 0.25) is 0 Å². The van der Waals surface area contributed by atoms with Gasteiger partial charge in [-0.25, -0.2) is 0 Å². The van der Waals surface area contributed by atoms with E-state index in [2.05, 4.69) is 31.9 Å². The molecule has 0 saturated carbocycles. The molecule has 0 bridgehead atoms. The molecule has 2 atom stereocenters. The molecular formula is C9H8Br2O2. The lowest BCUT2D eigenvalue weighted by Crippen LogP contribution is -2.17. The molecule has 13 heavy (non-hydrogen) atoms. The Morgan fingerprint density at radius 3 is 2.23 bits per heavy atom. The van der Waals surface area contributed by atoms with Crippen LogP contribution in [-0.2, 0) is 4.79 Å². The van der Waals surface area contributed by atoms with Crippen molar-refractivity contribution in [1.29, 1.82) is 0 Å². The van der Waals surface area contributed by atoms with Gasteiger partial charge in [-0.15, -0.1) is 0 Å². The van der Waals surface area contributed by atoms with Crippen molar-refractivity contribution < 1.29 is 9.90 Å². The summed E-state index contributed by atoms with van der Waals surface area (Å²) in [7, 11) is 0. The summed E-state index contributed by atoms with van der Waals surface area (Å²) in [5, 5.41) is 8.74. The Kier molecular flexibility index (Phi) is 3.93. The molecule has 0 fully saturated rings. The van der Waals surface area contributed by atoms with Crippen LogP contribution in [0.25, 0.3) is 0 Å². The van der Waals surface area contributed by atoms with E-state index in [1.54, 1.807) is 0 Å². The third kappa shape index (κ3) is 2.81. The molecule has 0 aliphatic rings. The van der Waals surface area contributed by atoms with E-state index >= 15 is 0 Å². The van der Waals surface area contributed by atoms with Gasteiger partial charge in [-0.3, -0.25) is 4.79 Å². The summed E-state index contributed by atoms with van der Waals surface area (Å²) < 4.78 is 0. The van der Waals surface area contributed by atoms with Gasteiger partial charge in [0.05, 0.1) is 4.83 Å². The summed E-state index contributed by atoms with van der Waals surface area (Å²) in [4.78, 5) is 9.83. The highest BCUT2D eigenvalue weighted by Gasteiger charge is 2.23. The molecule has 0 aromatic heterocycles. The minimum Gasteiger partial charge on any atom is -0.480 e. The van der Waals surface area contributed by atoms with Crippen LogP contribution in [0, 0.1) is 0 Å². The molecule has 1 N–H and O–H groups in total. The van der Waals surface area contributed by atoms with E-state index < -0.39 is 10.8 Å². The molecule has 0 saturated heterocycles. The van der Waals surface area contributed by atoms with Crippen molar-refractivity contribution in [3.05, 3.63) is 35.9 Å². The second-order valence-corrected chi connectivity index (χ2v) is 4.53. The fraction of sp³-hybridized carbons (Fsp3) is 0.222. The molecule has 0 heterocycles. The summed E-state index contributed by atoms with van der Waals surface area (Å²) in [5.41, 5.74) is 0.951. The van der Waals surface area contributed by atoms with E-state index in [0.29, 0.717) is 0 Å². The second kappa shape index (κ2) is 4.77. The topological polar surface area (TPSA) is 37.3 Å². The average Bonchev–Trinajstić information content (AvgIpc) is 2.17. The molecule has 0 spiro atoms. The quantitative estimate of drug-likeness (QED) is 0.872. The maximum Gasteiger partial charge on any atom is 0.318 e. The lowest BCUT2D eigenvalue weighted by Gasteiger charge is -2.12. The van der Waals surface area contributed by atoms with Crippen molar-refractivity contribution in [3.8, 4) is 0 Å². The van der Waals surface area contributed by atoms with Crippen LogP contribution in [-0.4, -0.2) is 15.9 Å². The molecule has 4 heteroatoms. The molecule has 1 aromatic rings. The van der Waals surface area contributed by atoms with Gasteiger partial charge in [0, 0.05) is 0 Å². The van der Waals surface area contributed by atoms with Crippen LogP contribution in [0.4, 0.5) is 0 Å². The fourth-order valence-corrected chi connectivity index (χ4v) is 1.77. The standard InChI is InChI=1S/C9H8Br2O2/c10-7(8(11)9(12)13)6-4-2-1-3-5-6/h1-5,7-8H,(H,12,13)/t7-,8+/m0/s1. The van der Waals surface area contributed by atoms with Crippen LogP contribution in [0.3, 0.4) is 0 Å². The van der Waals surface area contributed by atoms with Gasteiger partial charge in [0.2, 0.25) is 0 Å². The Bertz CT molecular complexity index is 287. The molecule has 0 amide bonds. The highest BCUT2D eigenvalue weighted by Crippen LogP contribution is 2.30. The number of aliphatic carboxylic acids is 1. The molecule has 0 aliphatic heterocycles. The fourth-order valence-electron chi connectivity index (χ4n) is 0.931. The van der Waals surface area contributed by atoms with Gasteiger partial charge in [0.1, 0.15) is 4.83 Å². The number of hydrogen-bond acceptors (Lipinski definition) is 1. The number of rotatable bonds is 3. The van der Waals surface area contributed by atoms with Gasteiger partial charge in [-0.1, -0.05) is 62.2 Å². The number of alkyl halides is 2. The molecule has 0 unspecified atom stereocenters. The number of carboxylic acids is 1. The molecule has 1 rings (SSSR count). The van der Waals surface area contributed by atoms with Crippen molar-refractivity contribution in [1.82, 2.24) is 0 Å². The van der Waals surface area contributed by atoms with Crippen molar-refractivity contribution in [3.63, 3.8) is 0 Å². The number of carboxylic acid groups (broad SMARTS) is 1. The maximum atomic E-state index is 10.6. The summed E-state index contributed by atoms with van der Waals surface area (Å²) in [6.07, 6.45) is 0. The number of halogens is 2. The zero-order chi connectivity index (χ0) is 9.84. The SMILES string of the molecule is O=C(O)[C@H](Br)[C@@H](Br)c1ccccc1. The Balaban J connectivity index is 2.79. The van der Waals surface area contributed by atoms with Gasteiger partial charge < -0.3 is 5.11 Å². The van der Waals surface area contributed by atoms with Crippen LogP contribution in [0.15, 0.2) is 30.3 Å². The summed E-state index contributed by atoms with van der Waals surface area (Å²) in [6.45, 7) is 0. The number of hydrogen-bond donors (Lipinski definition) is 1. The zero-order valence-corrected chi connectivity index (χ0v) is 9.82. The van der Waals surface area contributed by atoms with Crippen LogP contribution in [0.5, 0.6) is 0 Å². The summed E-state index contributed by atoms with van der Waals surface area (Å²) in [6, 6.07) is 9.43. The van der Waals surface area contributed by atoms with E-state index in [1.807, 2.05) is 30.3 Å². The van der Waals surface area contributed by atoms with Crippen molar-refractivity contribution in [2.75, 3.05) is 0 Å². The first kappa shape index (κ1) is 10.7. The zero-order valence-electron chi connectivity index (χ0n) is 6.65. The molecule has 0 aliphatic carbocycles. The van der Waals surface area contributed by atoms with Gasteiger partial charge >= 0.3 is 5.97 Å². The smallest absolute Gasteiger partial charge is 0.318 e. The first-order chi connectivity index (χ1) is 6.13. The normalized spacial score (nSPS) is 14.9. The largest absolute Gasteiger partial charge is 0.480 e. The van der Waals surface area contributed by atoms with Gasteiger partial charge in [0.25, 0.3) is 0 Å². The summed E-state index contributed by atoms with van der Waals surface area (Å²) in [5.74, 6) is -0.870. The molecule has 70 valence electrons. The van der Waals surface area contributed by atoms with Gasteiger partial charge in [-0.05, 0) is 5.56 Å². The first-order valence-corrected chi connectivity index (χ1v) is 5.52. The second-order valence-electron chi connectivity index (χ2n) is 2.55. The van der Waals surface area contributed by atoms with E-state index in [1.165, 1.54) is 0 Å². The lowest BCUT2D eigenvalue weighted by atomic mass is 10.1. The third-order valence-electron chi connectivity index (χ3n) is 1.61. The predicted molar refractivity (Wildman–Crippen MR) is 58.5 cm³/mol.